The largest absolute Gasteiger partial charge is 0.371 e. The van der Waals surface area contributed by atoms with E-state index in [0.717, 1.165) is 24.5 Å². The summed E-state index contributed by atoms with van der Waals surface area (Å²) in [5.74, 6) is -0.473. The minimum atomic E-state index is -1.01. The Balaban J connectivity index is 2.27. The van der Waals surface area contributed by atoms with Gasteiger partial charge in [0.05, 0.1) is 11.4 Å². The van der Waals surface area contributed by atoms with Gasteiger partial charge in [-0.2, -0.15) is 0 Å². The average Bonchev–Trinajstić information content (AvgIpc) is 2.33. The van der Waals surface area contributed by atoms with E-state index in [0.29, 0.717) is 6.54 Å². The number of amides is 1. The number of benzene rings is 1. The van der Waals surface area contributed by atoms with Crippen molar-refractivity contribution in [3.8, 4) is 0 Å². The van der Waals surface area contributed by atoms with Gasteiger partial charge in [-0.15, -0.1) is 0 Å². The molecule has 0 saturated heterocycles. The van der Waals surface area contributed by atoms with Crippen molar-refractivity contribution in [2.24, 2.45) is 11.5 Å². The first-order chi connectivity index (χ1) is 8.42. The molecule has 0 aromatic heterocycles. The Hall–Kier alpha value is -1.75. The number of nitrogens with two attached hydrogens (primary N) is 2. The molecule has 0 aliphatic carbocycles. The number of nitrogens with zero attached hydrogens (tertiary/aromatic N) is 2. The maximum absolute atomic E-state index is 11.3. The van der Waals surface area contributed by atoms with Gasteiger partial charge in [-0.05, 0) is 19.1 Å². The number of anilines is 2. The normalized spacial score (nSPS) is 18.2. The zero-order valence-corrected chi connectivity index (χ0v) is 10.9. The number of carbonyl (C=O) groups is 1. The predicted octanol–water partition coefficient (Wildman–Crippen LogP) is 0.146. The summed E-state index contributed by atoms with van der Waals surface area (Å²) < 4.78 is 0. The smallest absolute Gasteiger partial charge is 0.239 e. The molecule has 5 nitrogen and oxygen atoms in total. The summed E-state index contributed by atoms with van der Waals surface area (Å²) in [5.41, 5.74) is 12.5. The zero-order chi connectivity index (χ0) is 13.3. The van der Waals surface area contributed by atoms with Crippen LogP contribution >= 0.6 is 0 Å². The first-order valence-corrected chi connectivity index (χ1v) is 6.06. The van der Waals surface area contributed by atoms with Crippen molar-refractivity contribution in [2.45, 2.75) is 12.5 Å². The molecule has 1 aliphatic rings. The quantitative estimate of drug-likeness (QED) is 0.798. The molecule has 1 aromatic carbocycles. The first kappa shape index (κ1) is 12.7. The molecule has 0 fully saturated rings. The molecule has 5 heteroatoms. The third-order valence-corrected chi connectivity index (χ3v) is 3.42. The maximum Gasteiger partial charge on any atom is 0.239 e. The van der Waals surface area contributed by atoms with Crippen LogP contribution in [0.3, 0.4) is 0 Å². The van der Waals surface area contributed by atoms with E-state index >= 15 is 0 Å². The molecule has 1 atom stereocenters. The Morgan fingerprint density at radius 2 is 1.94 bits per heavy atom. The topological polar surface area (TPSA) is 75.6 Å². The second-order valence-electron chi connectivity index (χ2n) is 5.11. The number of hydrogen-bond acceptors (Lipinski definition) is 4. The summed E-state index contributed by atoms with van der Waals surface area (Å²) in [4.78, 5) is 15.7. The number of likely N-dealkylation sites (N-methyl/N-ethyl adjacent to an activating group) is 1. The minimum Gasteiger partial charge on any atom is -0.371 e. The fourth-order valence-corrected chi connectivity index (χ4v) is 2.20. The lowest BCUT2D eigenvalue weighted by Crippen LogP contribution is -2.58. The van der Waals surface area contributed by atoms with Crippen molar-refractivity contribution in [3.05, 3.63) is 24.3 Å². The lowest BCUT2D eigenvalue weighted by Gasteiger charge is -2.39. The van der Waals surface area contributed by atoms with Crippen LogP contribution in [0, 0.1) is 0 Å². The predicted molar refractivity (Wildman–Crippen MR) is 73.7 cm³/mol. The molecule has 1 amide bonds. The minimum absolute atomic E-state index is 0.438. The van der Waals surface area contributed by atoms with Crippen molar-refractivity contribution in [3.63, 3.8) is 0 Å². The maximum atomic E-state index is 11.3. The number of rotatable bonds is 3. The molecule has 0 radical (unpaired) electrons. The van der Waals surface area contributed by atoms with Crippen LogP contribution in [-0.4, -0.2) is 38.1 Å². The summed E-state index contributed by atoms with van der Waals surface area (Å²) in [5, 5.41) is 0. The summed E-state index contributed by atoms with van der Waals surface area (Å²) in [7, 11) is 2.06. The summed E-state index contributed by atoms with van der Waals surface area (Å²) in [6, 6.07) is 8.11. The highest BCUT2D eigenvalue weighted by molar-refractivity contribution is 5.85. The molecule has 1 aliphatic heterocycles. The van der Waals surface area contributed by atoms with Crippen LogP contribution < -0.4 is 21.3 Å². The van der Waals surface area contributed by atoms with Gasteiger partial charge in [-0.1, -0.05) is 12.1 Å². The Morgan fingerprint density at radius 3 is 2.56 bits per heavy atom. The highest BCUT2D eigenvalue weighted by Crippen LogP contribution is 2.32. The van der Waals surface area contributed by atoms with Crippen LogP contribution in [0.5, 0.6) is 0 Å². The van der Waals surface area contributed by atoms with Gasteiger partial charge >= 0.3 is 0 Å². The molecule has 1 heterocycles. The Kier molecular flexibility index (Phi) is 3.17. The van der Waals surface area contributed by atoms with Crippen LogP contribution in [-0.2, 0) is 4.79 Å². The molecule has 0 bridgehead atoms. The highest BCUT2D eigenvalue weighted by atomic mass is 16.1. The van der Waals surface area contributed by atoms with Gasteiger partial charge in [0.2, 0.25) is 5.91 Å². The second-order valence-corrected chi connectivity index (χ2v) is 5.11. The fraction of sp³-hybridized carbons (Fsp3) is 0.462. The number of carbonyl (C=O) groups excluding carboxylic acids is 1. The molecule has 1 aromatic rings. The lowest BCUT2D eigenvalue weighted by molar-refractivity contribution is -0.122. The average molecular weight is 248 g/mol. The van der Waals surface area contributed by atoms with Crippen LogP contribution in [0.2, 0.25) is 0 Å². The van der Waals surface area contributed by atoms with Gasteiger partial charge in [0.1, 0.15) is 5.54 Å². The fourth-order valence-electron chi connectivity index (χ4n) is 2.20. The van der Waals surface area contributed by atoms with E-state index in [9.17, 15) is 4.79 Å². The monoisotopic (exact) mass is 248 g/mol. The van der Waals surface area contributed by atoms with Crippen molar-refractivity contribution >= 4 is 17.3 Å². The molecular weight excluding hydrogens is 228 g/mol. The second kappa shape index (κ2) is 4.49. The van der Waals surface area contributed by atoms with Gasteiger partial charge in [0.25, 0.3) is 0 Å². The number of fused-ring (bicyclic) bond motifs is 1. The van der Waals surface area contributed by atoms with Gasteiger partial charge in [0.15, 0.2) is 0 Å². The molecule has 18 heavy (non-hydrogen) atoms. The van der Waals surface area contributed by atoms with Crippen LogP contribution in [0.1, 0.15) is 6.92 Å². The van der Waals surface area contributed by atoms with Crippen molar-refractivity contribution in [2.75, 3.05) is 36.5 Å². The van der Waals surface area contributed by atoms with Gasteiger partial charge in [0, 0.05) is 26.7 Å². The van der Waals surface area contributed by atoms with Gasteiger partial charge in [-0.3, -0.25) is 4.79 Å². The Bertz CT molecular complexity index is 458. The number of hydrogen-bond donors (Lipinski definition) is 2. The molecular formula is C13H20N4O. The Morgan fingerprint density at radius 1 is 1.33 bits per heavy atom. The van der Waals surface area contributed by atoms with E-state index in [-0.39, 0.29) is 0 Å². The van der Waals surface area contributed by atoms with E-state index in [1.807, 2.05) is 18.2 Å². The molecule has 1 unspecified atom stereocenters. The third-order valence-electron chi connectivity index (χ3n) is 3.42. The molecule has 4 N–H and O–H groups in total. The van der Waals surface area contributed by atoms with Crippen molar-refractivity contribution < 1.29 is 4.79 Å². The van der Waals surface area contributed by atoms with E-state index in [2.05, 4.69) is 22.9 Å². The molecule has 0 spiro atoms. The molecule has 98 valence electrons. The van der Waals surface area contributed by atoms with Crippen LogP contribution in [0.4, 0.5) is 11.4 Å². The van der Waals surface area contributed by atoms with E-state index < -0.39 is 11.4 Å². The van der Waals surface area contributed by atoms with E-state index in [1.54, 1.807) is 6.92 Å². The van der Waals surface area contributed by atoms with E-state index in [4.69, 9.17) is 11.5 Å². The summed E-state index contributed by atoms with van der Waals surface area (Å²) in [6.45, 7) is 3.86. The highest BCUT2D eigenvalue weighted by Gasteiger charge is 2.31. The molecule has 0 saturated carbocycles. The summed E-state index contributed by atoms with van der Waals surface area (Å²) >= 11 is 0. The van der Waals surface area contributed by atoms with Crippen molar-refractivity contribution in [1.82, 2.24) is 0 Å². The Labute approximate surface area is 107 Å². The first-order valence-electron chi connectivity index (χ1n) is 6.06. The zero-order valence-electron chi connectivity index (χ0n) is 10.9. The third kappa shape index (κ3) is 2.26. The van der Waals surface area contributed by atoms with Crippen molar-refractivity contribution in [1.29, 1.82) is 0 Å². The lowest BCUT2D eigenvalue weighted by atomic mass is 10.0. The standard InChI is InChI=1S/C13H20N4O/c1-13(15,12(14)18)9-17-8-7-16(2)10-5-3-4-6-11(10)17/h3-6H,7-9,15H2,1-2H3,(H2,14,18). The number of primary amides is 1. The van der Waals surface area contributed by atoms with Gasteiger partial charge in [-0.25, -0.2) is 0 Å². The van der Waals surface area contributed by atoms with Crippen LogP contribution in [0.15, 0.2) is 24.3 Å². The number of para-hydroxylation sites is 2. The molecule has 2 rings (SSSR count). The summed E-state index contributed by atoms with van der Waals surface area (Å²) in [6.07, 6.45) is 0. The van der Waals surface area contributed by atoms with Gasteiger partial charge < -0.3 is 21.3 Å². The van der Waals surface area contributed by atoms with E-state index in [1.165, 1.54) is 0 Å². The SMILES string of the molecule is CN1CCN(CC(C)(N)C(N)=O)c2ccccc21. The van der Waals surface area contributed by atoms with Crippen LogP contribution in [0.25, 0.3) is 0 Å².